The van der Waals surface area contributed by atoms with Crippen LogP contribution in [0.15, 0.2) is 0 Å². The maximum absolute atomic E-state index is 13.0. The van der Waals surface area contributed by atoms with Crippen LogP contribution in [0.1, 0.15) is 278 Å². The summed E-state index contributed by atoms with van der Waals surface area (Å²) in [6.07, 6.45) is 2.47. The van der Waals surface area contributed by atoms with Crippen LogP contribution in [0, 0.1) is 5.41 Å². The molecule has 0 aliphatic rings. The fourth-order valence-electron chi connectivity index (χ4n) is 10.1. The molecule has 6 amide bonds. The Morgan fingerprint density at radius 1 is 0.275 bits per heavy atom. The highest BCUT2D eigenvalue weighted by Gasteiger charge is 2.31. The van der Waals surface area contributed by atoms with Crippen molar-refractivity contribution in [3.8, 4) is 0 Å². The molecule has 0 fully saturated rings. The van der Waals surface area contributed by atoms with Crippen LogP contribution in [-0.2, 0) is 71.3 Å². The molecule has 120 heavy (non-hydrogen) atoms. The number of hydrogen-bond donors (Lipinski definition) is 6. The van der Waals surface area contributed by atoms with Gasteiger partial charge in [-0.2, -0.15) is 0 Å². The Bertz CT molecular complexity index is 2700. The van der Waals surface area contributed by atoms with Gasteiger partial charge in [0.2, 0.25) is 4.69 Å². The molecule has 6 N–H and O–H groups in total. The zero-order chi connectivity index (χ0) is 91.0. The summed E-state index contributed by atoms with van der Waals surface area (Å²) < 4.78 is 53.3. The molecule has 0 aliphatic heterocycles. The average molecular weight is 1930 g/mol. The molecule has 0 spiro atoms. The van der Waals surface area contributed by atoms with Crippen molar-refractivity contribution >= 4 is 113 Å². The van der Waals surface area contributed by atoms with Gasteiger partial charge in [0.05, 0.1) is 0 Å². The van der Waals surface area contributed by atoms with Crippen LogP contribution in [0.4, 0.5) is 42.9 Å². The van der Waals surface area contributed by atoms with E-state index in [2.05, 4.69) is 99.3 Å². The topological polar surface area (TPSA) is 365 Å². The first-order chi connectivity index (χ1) is 53.2. The van der Waals surface area contributed by atoms with Gasteiger partial charge in [0.15, 0.2) is 0 Å². The van der Waals surface area contributed by atoms with Gasteiger partial charge in [0.25, 0.3) is 0 Å². The van der Waals surface area contributed by atoms with Gasteiger partial charge in [0, 0.05) is 83.7 Å². The molecule has 0 heterocycles. The van der Waals surface area contributed by atoms with Crippen molar-refractivity contribution < 1.29 is 114 Å². The highest BCUT2D eigenvalue weighted by atomic mass is 79.9. The summed E-state index contributed by atoms with van der Waals surface area (Å²) in [6.45, 7) is 61.6. The van der Waals surface area contributed by atoms with E-state index in [1.165, 1.54) is 0 Å². The number of alkyl carbamates (subject to hydrolysis) is 6. The fourth-order valence-corrected chi connectivity index (χ4v) is 10.3. The van der Waals surface area contributed by atoms with Gasteiger partial charge in [-0.05, 0) is 313 Å². The lowest BCUT2D eigenvalue weighted by molar-refractivity contribution is -0.156. The Balaban J connectivity index is -0.000000624. The maximum Gasteiger partial charge on any atom is 0.407 e. The molecule has 0 aliphatic carbocycles. The minimum Gasteiger partial charge on any atom is -0.460 e. The summed E-state index contributed by atoms with van der Waals surface area (Å²) in [6, 6.07) is 0. The molecular formula is C83H160Br3F3N10O21. The molecule has 0 saturated carbocycles. The van der Waals surface area contributed by atoms with Gasteiger partial charge in [-0.1, -0.05) is 52.6 Å². The van der Waals surface area contributed by atoms with E-state index in [1.54, 1.807) is 96.9 Å². The van der Waals surface area contributed by atoms with E-state index in [9.17, 15) is 52.7 Å². The largest absolute Gasteiger partial charge is 0.460 e. The van der Waals surface area contributed by atoms with Crippen molar-refractivity contribution in [3.05, 3.63) is 0 Å². The standard InChI is InChI=1S/C54H103BrN8O14.C24H45BrN2O6.C5H9BrO.3FH/c1-40(71-44(65)54(16,17)55)37-62(33-20-26-56-45(66)72-41(2)38-61(31-19-18-25-43(64)74-50(4,5)6)32-22-28-58-47(68)75-51(7,8)9)34-21-27-57-46(67)73-42(3)39-63(35-23-29-59-48(69)76-52(10,11)12)36-24-30-60-49(70)77-53(13,14)15;1-18(31-20(29)24(8,9)25)17-27(15-11-10-13-19(28)32-22(2,3)4)16-12-14-26-21(30)33-23(5,6)7;1-5(2,3)4(6)7;;;/h40-42H,18-39H2,1-17H3,(H,56,66)(H,57,67)(H,58,68)(H,59,69)(H,60,70);18H,10-17H2,1-9H3,(H,26,30);1-3H3;3*1H. The van der Waals surface area contributed by atoms with Crippen molar-refractivity contribution in [1.82, 2.24) is 51.5 Å². The van der Waals surface area contributed by atoms with Gasteiger partial charge in [-0.25, -0.2) is 28.8 Å². The number of carbonyl (C=O) groups is 11. The minimum absolute atomic E-state index is 0. The third kappa shape index (κ3) is 81.9. The van der Waals surface area contributed by atoms with Crippen LogP contribution < -0.4 is 31.9 Å². The van der Waals surface area contributed by atoms with Crippen molar-refractivity contribution in [2.75, 3.05) is 118 Å². The number of halogens is 6. The molecule has 710 valence electrons. The summed E-state index contributed by atoms with van der Waals surface area (Å²) in [5.41, 5.74) is -3.63. The van der Waals surface area contributed by atoms with E-state index in [1.807, 2.05) is 104 Å². The van der Waals surface area contributed by atoms with E-state index in [-0.39, 0.29) is 48.2 Å². The number of nitrogens with one attached hydrogen (secondary N) is 6. The van der Waals surface area contributed by atoms with Crippen LogP contribution >= 0.6 is 47.8 Å². The summed E-state index contributed by atoms with van der Waals surface area (Å²) in [7, 11) is 0. The maximum atomic E-state index is 13.0. The Morgan fingerprint density at radius 3 is 0.625 bits per heavy atom. The Labute approximate surface area is 742 Å². The zero-order valence-electron chi connectivity index (χ0n) is 78.2. The number of nitrogens with zero attached hydrogens (tertiary/aromatic N) is 4. The summed E-state index contributed by atoms with van der Waals surface area (Å²) >= 11 is 9.55. The Hall–Kier alpha value is -5.76. The second kappa shape index (κ2) is 62.4. The van der Waals surface area contributed by atoms with Crippen LogP contribution in [0.3, 0.4) is 0 Å². The molecule has 4 atom stereocenters. The van der Waals surface area contributed by atoms with Crippen LogP contribution in [-0.4, -0.2) is 269 Å². The number of esters is 4. The first kappa shape index (κ1) is 125. The molecule has 31 nitrogen and oxygen atoms in total. The van der Waals surface area contributed by atoms with Gasteiger partial charge in [-0.15, -0.1) is 0 Å². The summed E-state index contributed by atoms with van der Waals surface area (Å²) in [5.74, 6) is -1.16. The molecule has 0 aromatic carbocycles. The van der Waals surface area contributed by atoms with Crippen molar-refractivity contribution in [3.63, 3.8) is 0 Å². The fraction of sp³-hybridized carbons (Fsp3) is 0.867. The lowest BCUT2D eigenvalue weighted by Crippen LogP contribution is -2.41. The first-order valence-corrected chi connectivity index (χ1v) is 43.7. The minimum atomic E-state index is -0.859. The summed E-state index contributed by atoms with van der Waals surface area (Å²) in [5, 5.41) is 16.8. The number of rotatable bonds is 48. The van der Waals surface area contributed by atoms with Gasteiger partial charge in [0.1, 0.15) is 66.7 Å². The molecule has 4 unspecified atom stereocenters. The predicted octanol–water partition coefficient (Wildman–Crippen LogP) is 15.5. The number of amides is 6. The Morgan fingerprint density at radius 2 is 0.450 bits per heavy atom. The Kier molecular flexibility index (Phi) is 65.0. The average Bonchev–Trinajstić information content (AvgIpc) is 0.866. The number of hydrogen-bond acceptors (Lipinski definition) is 25. The quantitative estimate of drug-likeness (QED) is 0.0108. The molecular weight excluding hydrogens is 1770 g/mol. The smallest absolute Gasteiger partial charge is 0.407 e. The normalized spacial score (nSPS) is 13.0. The number of alkyl halides is 2. The van der Waals surface area contributed by atoms with Gasteiger partial charge >= 0.3 is 60.4 Å². The van der Waals surface area contributed by atoms with E-state index < -0.39 is 103 Å². The van der Waals surface area contributed by atoms with E-state index in [0.29, 0.717) is 169 Å². The SMILES string of the molecule is CC(C)(C)C(=O)Br.CC(CN(CCCCC(=O)OC(C)(C)C)CCCNC(=O)OC(C)(C)C)OC(=O)C(C)(C)Br.CC(CN(CCCCC(=O)OC(C)(C)C)CCCNC(=O)OC(C)(C)C)OC(=O)NCCCN(CCCNC(=O)OC(C)CN(CCCNC(=O)OC(C)(C)C)CCCNC(=O)OC(C)(C)C)CC(C)OC(=O)C(C)(C)Br.F.F.F. The van der Waals surface area contributed by atoms with Crippen LogP contribution in [0.2, 0.25) is 0 Å². The second-order valence-corrected chi connectivity index (χ2v) is 42.0. The highest BCUT2D eigenvalue weighted by Crippen LogP contribution is 2.22. The third-order valence-electron chi connectivity index (χ3n) is 15.0. The number of unbranched alkanes of at least 4 members (excludes halogenated alkanes) is 2. The molecule has 0 radical (unpaired) electrons. The first-order valence-electron chi connectivity index (χ1n) is 41.3. The van der Waals surface area contributed by atoms with Crippen molar-refractivity contribution in [1.29, 1.82) is 0 Å². The molecule has 37 heteroatoms. The number of carbonyl (C=O) groups excluding carboxylic acids is 11. The molecule has 0 rings (SSSR count). The van der Waals surface area contributed by atoms with Crippen LogP contribution in [0.25, 0.3) is 0 Å². The van der Waals surface area contributed by atoms with E-state index in [0.717, 1.165) is 25.8 Å². The molecule has 0 bridgehead atoms. The van der Waals surface area contributed by atoms with Gasteiger partial charge in [-0.3, -0.25) is 57.7 Å². The van der Waals surface area contributed by atoms with E-state index in [4.69, 9.17) is 47.4 Å². The van der Waals surface area contributed by atoms with Crippen molar-refractivity contribution in [2.24, 2.45) is 5.41 Å². The van der Waals surface area contributed by atoms with Crippen LogP contribution in [0.5, 0.6) is 0 Å². The summed E-state index contributed by atoms with van der Waals surface area (Å²) in [4.78, 5) is 142. The third-order valence-corrected chi connectivity index (χ3v) is 16.9. The molecule has 0 saturated heterocycles. The number of ether oxygens (including phenoxy) is 10. The predicted molar refractivity (Wildman–Crippen MR) is 476 cm³/mol. The highest BCUT2D eigenvalue weighted by molar-refractivity contribution is 9.18. The second-order valence-electron chi connectivity index (χ2n) is 37.3. The zero-order valence-corrected chi connectivity index (χ0v) is 83.0. The van der Waals surface area contributed by atoms with Gasteiger partial charge < -0.3 is 79.3 Å². The monoisotopic (exact) mass is 1930 g/mol. The van der Waals surface area contributed by atoms with E-state index >= 15 is 0 Å². The lowest BCUT2D eigenvalue weighted by atomic mass is 10.00. The molecule has 0 aromatic rings. The van der Waals surface area contributed by atoms with Crippen molar-refractivity contribution in [2.45, 2.75) is 345 Å². The molecule has 0 aromatic heterocycles. The lowest BCUT2D eigenvalue weighted by Gasteiger charge is -2.28.